The van der Waals surface area contributed by atoms with E-state index in [-0.39, 0.29) is 11.1 Å². The van der Waals surface area contributed by atoms with E-state index in [2.05, 4.69) is 10.4 Å². The van der Waals surface area contributed by atoms with Crippen molar-refractivity contribution in [1.82, 2.24) is 14.7 Å². The lowest BCUT2D eigenvalue weighted by molar-refractivity contribution is -0.152. The molecule has 0 radical (unpaired) electrons. The van der Waals surface area contributed by atoms with Crippen LogP contribution in [0.1, 0.15) is 46.0 Å². The molecule has 0 saturated carbocycles. The number of carbonyl (C=O) groups excluding carboxylic acids is 4. The van der Waals surface area contributed by atoms with Crippen LogP contribution in [0.2, 0.25) is 0 Å². The van der Waals surface area contributed by atoms with E-state index >= 15 is 0 Å². The summed E-state index contributed by atoms with van der Waals surface area (Å²) in [5.41, 5.74) is 3.19. The molecule has 4 rings (SSSR count). The van der Waals surface area contributed by atoms with Crippen molar-refractivity contribution >= 4 is 29.4 Å². The molecule has 1 atom stereocenters. The van der Waals surface area contributed by atoms with Crippen LogP contribution in [0.15, 0.2) is 54.6 Å². The summed E-state index contributed by atoms with van der Waals surface area (Å²) in [6, 6.07) is 14.7. The van der Waals surface area contributed by atoms with E-state index in [0.29, 0.717) is 11.4 Å². The number of benzene rings is 2. The van der Waals surface area contributed by atoms with E-state index in [4.69, 9.17) is 4.74 Å². The number of para-hydroxylation sites is 1. The number of nitrogens with zero attached hydrogens (tertiary/aromatic N) is 3. The zero-order valence-electron chi connectivity index (χ0n) is 19.9. The van der Waals surface area contributed by atoms with Gasteiger partial charge in [-0.05, 0) is 44.0 Å². The normalized spacial score (nSPS) is 13.7. The van der Waals surface area contributed by atoms with Gasteiger partial charge in [0.05, 0.1) is 33.9 Å². The molecule has 0 aliphatic carbocycles. The SMILES string of the molecule is Cc1nn(-c2ccccc2)c(C)c1NC(=O)COC(=O)[C@H](C(C)C)N1C(=O)c2ccccc2C1=O. The third kappa shape index (κ3) is 4.44. The number of amides is 3. The van der Waals surface area contributed by atoms with Crippen molar-refractivity contribution in [2.24, 2.45) is 5.92 Å². The standard InChI is InChI=1S/C26H26N4O5/c1-15(2)23(29-24(32)19-12-8-9-13-20(19)25(29)33)26(34)35-14-21(31)27-22-16(3)28-30(17(22)4)18-10-6-5-7-11-18/h5-13,15,23H,14H2,1-4H3,(H,27,31)/t23-/m0/s1. The number of nitrogens with one attached hydrogen (secondary N) is 1. The number of rotatable bonds is 7. The number of imide groups is 1. The van der Waals surface area contributed by atoms with Gasteiger partial charge < -0.3 is 10.1 Å². The van der Waals surface area contributed by atoms with Gasteiger partial charge >= 0.3 is 5.97 Å². The molecular weight excluding hydrogens is 448 g/mol. The topological polar surface area (TPSA) is 111 Å². The van der Waals surface area contributed by atoms with Crippen LogP contribution in [0.4, 0.5) is 5.69 Å². The molecule has 9 nitrogen and oxygen atoms in total. The molecule has 0 fully saturated rings. The van der Waals surface area contributed by atoms with Gasteiger partial charge in [0.15, 0.2) is 6.61 Å². The molecule has 0 bridgehead atoms. The second-order valence-electron chi connectivity index (χ2n) is 8.66. The second kappa shape index (κ2) is 9.54. The molecule has 1 aliphatic heterocycles. The summed E-state index contributed by atoms with van der Waals surface area (Å²) in [6.07, 6.45) is 0. The van der Waals surface area contributed by atoms with Crippen LogP contribution < -0.4 is 5.32 Å². The number of carbonyl (C=O) groups is 4. The first kappa shape index (κ1) is 23.9. The van der Waals surface area contributed by atoms with Gasteiger partial charge in [-0.25, -0.2) is 9.48 Å². The zero-order chi connectivity index (χ0) is 25.3. The Hall–Kier alpha value is -4.27. The molecule has 3 amide bonds. The van der Waals surface area contributed by atoms with Crippen LogP contribution in [0.3, 0.4) is 0 Å². The molecule has 3 aromatic rings. The molecule has 2 aromatic carbocycles. The number of hydrogen-bond acceptors (Lipinski definition) is 6. The minimum absolute atomic E-state index is 0.245. The Morgan fingerprint density at radius 3 is 2.09 bits per heavy atom. The molecule has 1 aliphatic rings. The Morgan fingerprint density at radius 1 is 0.943 bits per heavy atom. The van der Waals surface area contributed by atoms with Crippen molar-refractivity contribution in [2.75, 3.05) is 11.9 Å². The van der Waals surface area contributed by atoms with Gasteiger partial charge in [0.25, 0.3) is 17.7 Å². The first-order chi connectivity index (χ1) is 16.7. The minimum Gasteiger partial charge on any atom is -0.454 e. The van der Waals surface area contributed by atoms with Gasteiger partial charge in [0, 0.05) is 0 Å². The number of hydrogen-bond donors (Lipinski definition) is 1. The van der Waals surface area contributed by atoms with E-state index in [1.54, 1.807) is 49.7 Å². The van der Waals surface area contributed by atoms with Gasteiger partial charge in [0.1, 0.15) is 6.04 Å². The highest BCUT2D eigenvalue weighted by Crippen LogP contribution is 2.28. The van der Waals surface area contributed by atoms with Gasteiger partial charge in [-0.15, -0.1) is 0 Å². The Kier molecular flexibility index (Phi) is 6.50. The first-order valence-corrected chi connectivity index (χ1v) is 11.3. The Bertz CT molecular complexity index is 1280. The van der Waals surface area contributed by atoms with Crippen molar-refractivity contribution in [3.8, 4) is 5.69 Å². The summed E-state index contributed by atoms with van der Waals surface area (Å²) in [4.78, 5) is 52.1. The average Bonchev–Trinajstić information content (AvgIpc) is 3.26. The molecule has 180 valence electrons. The molecule has 9 heteroatoms. The predicted molar refractivity (Wildman–Crippen MR) is 128 cm³/mol. The van der Waals surface area contributed by atoms with E-state index in [0.717, 1.165) is 16.3 Å². The highest BCUT2D eigenvalue weighted by atomic mass is 16.5. The fourth-order valence-corrected chi connectivity index (χ4v) is 4.18. The lowest BCUT2D eigenvalue weighted by Crippen LogP contribution is -2.49. The minimum atomic E-state index is -1.15. The monoisotopic (exact) mass is 474 g/mol. The largest absolute Gasteiger partial charge is 0.454 e. The Balaban J connectivity index is 1.44. The van der Waals surface area contributed by atoms with E-state index in [1.807, 2.05) is 37.3 Å². The smallest absolute Gasteiger partial charge is 0.330 e. The summed E-state index contributed by atoms with van der Waals surface area (Å²) in [5, 5.41) is 7.23. The second-order valence-corrected chi connectivity index (χ2v) is 8.66. The summed E-state index contributed by atoms with van der Waals surface area (Å²) in [5.74, 6) is -2.89. The molecular formula is C26H26N4O5. The molecule has 0 spiro atoms. The van der Waals surface area contributed by atoms with Gasteiger partial charge in [0.2, 0.25) is 0 Å². The zero-order valence-corrected chi connectivity index (χ0v) is 19.9. The maximum absolute atomic E-state index is 12.9. The summed E-state index contributed by atoms with van der Waals surface area (Å²) in [7, 11) is 0. The van der Waals surface area contributed by atoms with Crippen LogP contribution in [-0.4, -0.2) is 51.0 Å². The van der Waals surface area contributed by atoms with Crippen LogP contribution in [-0.2, 0) is 14.3 Å². The number of aromatic nitrogens is 2. The maximum atomic E-state index is 12.9. The maximum Gasteiger partial charge on any atom is 0.330 e. The fraction of sp³-hybridized carbons (Fsp3) is 0.269. The third-order valence-electron chi connectivity index (χ3n) is 5.88. The van der Waals surface area contributed by atoms with E-state index in [1.165, 1.54) is 0 Å². The van der Waals surface area contributed by atoms with Crippen molar-refractivity contribution in [3.05, 3.63) is 77.1 Å². The average molecular weight is 475 g/mol. The highest BCUT2D eigenvalue weighted by Gasteiger charge is 2.44. The number of esters is 1. The number of aryl methyl sites for hydroxylation is 1. The van der Waals surface area contributed by atoms with Gasteiger partial charge in [-0.1, -0.05) is 44.2 Å². The molecule has 0 saturated heterocycles. The van der Waals surface area contributed by atoms with Crippen molar-refractivity contribution in [2.45, 2.75) is 33.7 Å². The number of anilines is 1. The summed E-state index contributed by atoms with van der Waals surface area (Å²) < 4.78 is 6.97. The van der Waals surface area contributed by atoms with Crippen LogP contribution in [0, 0.1) is 19.8 Å². The molecule has 1 aromatic heterocycles. The number of fused-ring (bicyclic) bond motifs is 1. The van der Waals surface area contributed by atoms with Crippen LogP contribution in [0.25, 0.3) is 5.69 Å². The number of ether oxygens (including phenoxy) is 1. The first-order valence-electron chi connectivity index (χ1n) is 11.3. The van der Waals surface area contributed by atoms with Crippen LogP contribution >= 0.6 is 0 Å². The van der Waals surface area contributed by atoms with Gasteiger partial charge in [-0.3, -0.25) is 19.3 Å². The lowest BCUT2D eigenvalue weighted by Gasteiger charge is -2.27. The van der Waals surface area contributed by atoms with Crippen molar-refractivity contribution in [3.63, 3.8) is 0 Å². The van der Waals surface area contributed by atoms with E-state index in [9.17, 15) is 19.2 Å². The molecule has 35 heavy (non-hydrogen) atoms. The Labute approximate surface area is 202 Å². The Morgan fingerprint density at radius 2 is 1.51 bits per heavy atom. The van der Waals surface area contributed by atoms with Crippen molar-refractivity contribution < 1.29 is 23.9 Å². The van der Waals surface area contributed by atoms with Gasteiger partial charge in [-0.2, -0.15) is 5.10 Å². The lowest BCUT2D eigenvalue weighted by atomic mass is 10.0. The van der Waals surface area contributed by atoms with Crippen molar-refractivity contribution in [1.29, 1.82) is 0 Å². The summed E-state index contributed by atoms with van der Waals surface area (Å²) in [6.45, 7) is 6.44. The quantitative estimate of drug-likeness (QED) is 0.416. The van der Waals surface area contributed by atoms with E-state index < -0.39 is 42.3 Å². The molecule has 1 N–H and O–H groups in total. The third-order valence-corrected chi connectivity index (χ3v) is 5.88. The fourth-order valence-electron chi connectivity index (χ4n) is 4.18. The summed E-state index contributed by atoms with van der Waals surface area (Å²) >= 11 is 0. The predicted octanol–water partition coefficient (Wildman–Crippen LogP) is 3.29. The van der Waals surface area contributed by atoms with Crippen LogP contribution in [0.5, 0.6) is 0 Å². The highest BCUT2D eigenvalue weighted by molar-refractivity contribution is 6.22. The molecule has 0 unspecified atom stereocenters. The molecule has 2 heterocycles.